The number of hydrogen-bond donors (Lipinski definition) is 1. The molecule has 0 saturated heterocycles. The lowest BCUT2D eigenvalue weighted by molar-refractivity contribution is 0.127. The average Bonchev–Trinajstić information content (AvgIpc) is 2.08. The maximum Gasteiger partial charge on any atom is 0.0616 e. The van der Waals surface area contributed by atoms with Crippen LogP contribution in [-0.2, 0) is 4.74 Å². The Balaban J connectivity index is 3.12. The molecule has 0 aliphatic carbocycles. The van der Waals surface area contributed by atoms with Crippen molar-refractivity contribution in [3.63, 3.8) is 0 Å². The quantitative estimate of drug-likeness (QED) is 0.589. The molecule has 80 valence electrons. The van der Waals surface area contributed by atoms with Crippen LogP contribution in [0.2, 0.25) is 0 Å². The highest BCUT2D eigenvalue weighted by atomic mass is 16.5. The molecule has 1 atom stereocenters. The van der Waals surface area contributed by atoms with Gasteiger partial charge < -0.3 is 10.1 Å². The Bertz CT molecular complexity index is 104. The third kappa shape index (κ3) is 9.84. The first-order valence-electron chi connectivity index (χ1n) is 5.48. The van der Waals surface area contributed by atoms with Gasteiger partial charge in [-0.05, 0) is 39.2 Å². The van der Waals surface area contributed by atoms with Crippen molar-refractivity contribution in [3.8, 4) is 0 Å². The molecule has 0 bridgehead atoms. The van der Waals surface area contributed by atoms with E-state index in [2.05, 4.69) is 26.1 Å². The van der Waals surface area contributed by atoms with Gasteiger partial charge in [0.05, 0.1) is 6.61 Å². The first kappa shape index (κ1) is 12.9. The number of ether oxygens (including phenoxy) is 1. The van der Waals surface area contributed by atoms with E-state index in [0.717, 1.165) is 25.7 Å². The van der Waals surface area contributed by atoms with E-state index < -0.39 is 0 Å². The van der Waals surface area contributed by atoms with Crippen LogP contribution in [0.15, 0.2) is 0 Å². The van der Waals surface area contributed by atoms with Crippen molar-refractivity contribution in [3.05, 3.63) is 0 Å². The van der Waals surface area contributed by atoms with Crippen molar-refractivity contribution in [2.45, 2.75) is 46.6 Å². The Morgan fingerprint density at radius 2 is 1.92 bits per heavy atom. The third-order valence-corrected chi connectivity index (χ3v) is 2.02. The van der Waals surface area contributed by atoms with Gasteiger partial charge in [-0.3, -0.25) is 0 Å². The molecule has 0 saturated carbocycles. The molecule has 2 heteroatoms. The van der Waals surface area contributed by atoms with E-state index in [1.54, 1.807) is 0 Å². The Kier molecular flexibility index (Phi) is 8.46. The molecule has 0 rings (SSSR count). The first-order chi connectivity index (χ1) is 6.16. The zero-order valence-electron chi connectivity index (χ0n) is 9.60. The van der Waals surface area contributed by atoms with Gasteiger partial charge in [0.2, 0.25) is 0 Å². The molecule has 0 aromatic carbocycles. The van der Waals surface area contributed by atoms with Gasteiger partial charge in [0.15, 0.2) is 0 Å². The topological polar surface area (TPSA) is 21.3 Å². The second-order valence-electron chi connectivity index (χ2n) is 4.05. The summed E-state index contributed by atoms with van der Waals surface area (Å²) in [6, 6.07) is 0.493. The van der Waals surface area contributed by atoms with Gasteiger partial charge >= 0.3 is 0 Å². The average molecular weight is 187 g/mol. The fourth-order valence-corrected chi connectivity index (χ4v) is 1.21. The molecule has 0 aromatic heterocycles. The largest absolute Gasteiger partial charge is 0.380 e. The van der Waals surface area contributed by atoms with Crippen LogP contribution in [0.5, 0.6) is 0 Å². The summed E-state index contributed by atoms with van der Waals surface area (Å²) in [5, 5.41) is 3.45. The minimum atomic E-state index is 0.493. The third-order valence-electron chi connectivity index (χ3n) is 2.02. The predicted molar refractivity (Wildman–Crippen MR) is 58.0 cm³/mol. The van der Waals surface area contributed by atoms with Crippen LogP contribution in [-0.4, -0.2) is 25.8 Å². The lowest BCUT2D eigenvalue weighted by Crippen LogP contribution is -2.31. The highest BCUT2D eigenvalue weighted by molar-refractivity contribution is 4.59. The van der Waals surface area contributed by atoms with Gasteiger partial charge in [-0.15, -0.1) is 0 Å². The monoisotopic (exact) mass is 187 g/mol. The highest BCUT2D eigenvalue weighted by Crippen LogP contribution is 2.01. The molecule has 0 heterocycles. The van der Waals surface area contributed by atoms with Gasteiger partial charge in [-0.25, -0.2) is 0 Å². The molecule has 0 aromatic rings. The van der Waals surface area contributed by atoms with Gasteiger partial charge in [0.25, 0.3) is 0 Å². The summed E-state index contributed by atoms with van der Waals surface area (Å²) in [6.45, 7) is 11.5. The fraction of sp³-hybridized carbons (Fsp3) is 1.00. The second kappa shape index (κ2) is 8.52. The molecule has 2 nitrogen and oxygen atoms in total. The van der Waals surface area contributed by atoms with Crippen molar-refractivity contribution in [2.75, 3.05) is 19.8 Å². The van der Waals surface area contributed by atoms with Crippen molar-refractivity contribution in [1.29, 1.82) is 0 Å². The second-order valence-corrected chi connectivity index (χ2v) is 4.05. The molecule has 0 fully saturated rings. The van der Waals surface area contributed by atoms with Crippen LogP contribution >= 0.6 is 0 Å². The van der Waals surface area contributed by atoms with E-state index in [1.807, 2.05) is 6.92 Å². The van der Waals surface area contributed by atoms with Crippen LogP contribution in [0, 0.1) is 5.92 Å². The minimum absolute atomic E-state index is 0.493. The summed E-state index contributed by atoms with van der Waals surface area (Å²) < 4.78 is 5.31. The van der Waals surface area contributed by atoms with Gasteiger partial charge in [0, 0.05) is 12.6 Å². The van der Waals surface area contributed by atoms with Gasteiger partial charge in [-0.2, -0.15) is 0 Å². The summed E-state index contributed by atoms with van der Waals surface area (Å²) in [5.41, 5.74) is 0. The highest BCUT2D eigenvalue weighted by Gasteiger charge is 2.00. The van der Waals surface area contributed by atoms with E-state index in [1.165, 1.54) is 12.8 Å². The lowest BCUT2D eigenvalue weighted by Gasteiger charge is -2.13. The van der Waals surface area contributed by atoms with E-state index in [9.17, 15) is 0 Å². The molecule has 0 amide bonds. The number of rotatable bonds is 8. The fourth-order valence-electron chi connectivity index (χ4n) is 1.21. The molecule has 0 aliphatic rings. The summed E-state index contributed by atoms with van der Waals surface area (Å²) >= 11 is 0. The van der Waals surface area contributed by atoms with Crippen LogP contribution in [0.3, 0.4) is 0 Å². The Labute approximate surface area is 83.1 Å². The number of nitrogens with one attached hydrogen (secondary N) is 1. The van der Waals surface area contributed by atoms with E-state index in [4.69, 9.17) is 4.74 Å². The molecule has 0 spiro atoms. The van der Waals surface area contributed by atoms with Gasteiger partial charge in [0.1, 0.15) is 0 Å². The van der Waals surface area contributed by atoms with Crippen molar-refractivity contribution in [1.82, 2.24) is 5.32 Å². The van der Waals surface area contributed by atoms with Crippen LogP contribution in [0.25, 0.3) is 0 Å². The molecule has 13 heavy (non-hydrogen) atoms. The molecular weight excluding hydrogens is 162 g/mol. The van der Waals surface area contributed by atoms with E-state index in [-0.39, 0.29) is 0 Å². The SMILES string of the molecule is CCOCC(C)NCCCC(C)C. The Morgan fingerprint density at radius 1 is 1.23 bits per heavy atom. The maximum absolute atomic E-state index is 5.31. The van der Waals surface area contributed by atoms with E-state index in [0.29, 0.717) is 6.04 Å². The maximum atomic E-state index is 5.31. The normalized spacial score (nSPS) is 13.6. The summed E-state index contributed by atoms with van der Waals surface area (Å²) in [7, 11) is 0. The first-order valence-corrected chi connectivity index (χ1v) is 5.48. The van der Waals surface area contributed by atoms with Gasteiger partial charge in [-0.1, -0.05) is 13.8 Å². The molecular formula is C11H25NO. The summed E-state index contributed by atoms with van der Waals surface area (Å²) in [4.78, 5) is 0. The van der Waals surface area contributed by atoms with Crippen LogP contribution < -0.4 is 5.32 Å². The van der Waals surface area contributed by atoms with Crippen molar-refractivity contribution < 1.29 is 4.74 Å². The summed E-state index contributed by atoms with van der Waals surface area (Å²) in [5.74, 6) is 0.823. The minimum Gasteiger partial charge on any atom is -0.380 e. The summed E-state index contributed by atoms with van der Waals surface area (Å²) in [6.07, 6.45) is 2.59. The molecule has 1 N–H and O–H groups in total. The Hall–Kier alpha value is -0.0800. The van der Waals surface area contributed by atoms with Crippen molar-refractivity contribution in [2.24, 2.45) is 5.92 Å². The predicted octanol–water partition coefficient (Wildman–Crippen LogP) is 2.44. The number of hydrogen-bond acceptors (Lipinski definition) is 2. The molecule has 1 unspecified atom stereocenters. The Morgan fingerprint density at radius 3 is 2.46 bits per heavy atom. The molecule has 0 radical (unpaired) electrons. The van der Waals surface area contributed by atoms with Crippen LogP contribution in [0.4, 0.5) is 0 Å². The molecule has 0 aliphatic heterocycles. The van der Waals surface area contributed by atoms with Crippen LogP contribution in [0.1, 0.15) is 40.5 Å². The van der Waals surface area contributed by atoms with E-state index >= 15 is 0 Å². The zero-order chi connectivity index (χ0) is 10.1. The zero-order valence-corrected chi connectivity index (χ0v) is 9.60. The van der Waals surface area contributed by atoms with Crippen molar-refractivity contribution >= 4 is 0 Å². The standard InChI is InChI=1S/C11H25NO/c1-5-13-9-11(4)12-8-6-7-10(2)3/h10-12H,5-9H2,1-4H3. The smallest absolute Gasteiger partial charge is 0.0616 e. The lowest BCUT2D eigenvalue weighted by atomic mass is 10.1.